The number of unbranched alkanes of at least 4 members (excludes halogenated alkanes) is 7. The van der Waals surface area contributed by atoms with Crippen LogP contribution in [0.4, 0.5) is 0 Å². The Morgan fingerprint density at radius 2 is 1.26 bits per heavy atom. The van der Waals surface area contributed by atoms with Gasteiger partial charge in [-0.05, 0) is 42.7 Å². The Kier molecular flexibility index (Phi) is 9.13. The van der Waals surface area contributed by atoms with Crippen LogP contribution in [0.25, 0.3) is 10.9 Å². The maximum atomic E-state index is 6.40. The summed E-state index contributed by atoms with van der Waals surface area (Å²) in [6.07, 6.45) is 12.0. The highest BCUT2D eigenvalue weighted by Gasteiger charge is 2.18. The van der Waals surface area contributed by atoms with E-state index < -0.39 is 0 Å². The number of nitrogens with zero attached hydrogens (tertiary/aromatic N) is 1. The number of benzene rings is 3. The highest BCUT2D eigenvalue weighted by molar-refractivity contribution is 5.75. The molecule has 0 aliphatic heterocycles. The zero-order chi connectivity index (χ0) is 23.4. The minimum absolute atomic E-state index is 0.772. The summed E-state index contributed by atoms with van der Waals surface area (Å²) < 4.78 is 8.66. The van der Waals surface area contributed by atoms with Gasteiger partial charge in [-0.2, -0.15) is 4.57 Å². The lowest BCUT2D eigenvalue weighted by Crippen LogP contribution is -2.36. The summed E-state index contributed by atoms with van der Waals surface area (Å²) in [5, 5.41) is 1.21. The minimum Gasteiger partial charge on any atom is -0.405 e. The molecule has 0 amide bonds. The van der Waals surface area contributed by atoms with E-state index in [0.29, 0.717) is 0 Å². The van der Waals surface area contributed by atoms with Crippen LogP contribution in [0.3, 0.4) is 0 Å². The summed E-state index contributed by atoms with van der Waals surface area (Å²) in [6.45, 7) is 3.05. The molecule has 2 nitrogen and oxygen atoms in total. The fourth-order valence-electron chi connectivity index (χ4n) is 4.57. The van der Waals surface area contributed by atoms with Crippen molar-refractivity contribution >= 4 is 10.9 Å². The number of rotatable bonds is 13. The Bertz CT molecular complexity index is 1130. The van der Waals surface area contributed by atoms with Crippen LogP contribution < -0.4 is 9.30 Å². The number of aromatic nitrogens is 1. The summed E-state index contributed by atoms with van der Waals surface area (Å²) >= 11 is 0. The van der Waals surface area contributed by atoms with Crippen molar-refractivity contribution in [2.75, 3.05) is 0 Å². The Morgan fingerprint density at radius 1 is 0.588 bits per heavy atom. The molecule has 1 aromatic heterocycles. The second-order valence-corrected chi connectivity index (χ2v) is 9.27. The maximum Gasteiger partial charge on any atom is 0.374 e. The summed E-state index contributed by atoms with van der Waals surface area (Å²) in [7, 11) is 0. The summed E-state index contributed by atoms with van der Waals surface area (Å²) in [5.41, 5.74) is 3.83. The van der Waals surface area contributed by atoms with Crippen molar-refractivity contribution in [1.82, 2.24) is 0 Å². The molecule has 4 rings (SSSR count). The number of pyridine rings is 1. The number of aryl methyl sites for hydroxylation is 1. The van der Waals surface area contributed by atoms with E-state index in [-0.39, 0.29) is 0 Å². The van der Waals surface area contributed by atoms with Gasteiger partial charge in [-0.25, -0.2) is 0 Å². The second-order valence-electron chi connectivity index (χ2n) is 9.27. The number of fused-ring (bicyclic) bond motifs is 1. The van der Waals surface area contributed by atoms with Gasteiger partial charge in [0.05, 0.1) is 6.07 Å². The standard InChI is InChI=1S/C32H38NO/c1-2-3-4-5-6-7-8-10-15-27-20-23-30(24-21-27)34-32-25-22-29-18-13-14-19-31(29)33(32)26-28-16-11-9-12-17-28/h9,11-14,16-25H,2-8,10,15,26H2,1H3/q+1. The van der Waals surface area contributed by atoms with Gasteiger partial charge in [0.25, 0.3) is 0 Å². The van der Waals surface area contributed by atoms with Gasteiger partial charge in [0.1, 0.15) is 5.75 Å². The van der Waals surface area contributed by atoms with Gasteiger partial charge in [-0.3, -0.25) is 0 Å². The van der Waals surface area contributed by atoms with Gasteiger partial charge in [-0.15, -0.1) is 0 Å². The van der Waals surface area contributed by atoms with Gasteiger partial charge in [0.15, 0.2) is 6.54 Å². The van der Waals surface area contributed by atoms with E-state index in [2.05, 4.69) is 102 Å². The first-order valence-electron chi connectivity index (χ1n) is 13.1. The average molecular weight is 453 g/mol. The summed E-state index contributed by atoms with van der Waals surface area (Å²) in [6, 6.07) is 32.0. The zero-order valence-corrected chi connectivity index (χ0v) is 20.6. The third kappa shape index (κ3) is 6.93. The lowest BCUT2D eigenvalue weighted by atomic mass is 10.0. The smallest absolute Gasteiger partial charge is 0.374 e. The van der Waals surface area contributed by atoms with Gasteiger partial charge >= 0.3 is 5.88 Å². The highest BCUT2D eigenvalue weighted by Crippen LogP contribution is 2.23. The van der Waals surface area contributed by atoms with Gasteiger partial charge in [0.2, 0.25) is 5.52 Å². The van der Waals surface area contributed by atoms with E-state index in [0.717, 1.165) is 24.6 Å². The molecule has 0 spiro atoms. The van der Waals surface area contributed by atoms with Crippen LogP contribution >= 0.6 is 0 Å². The monoisotopic (exact) mass is 452 g/mol. The molecule has 1 heterocycles. The van der Waals surface area contributed by atoms with E-state index in [4.69, 9.17) is 4.74 Å². The summed E-state index contributed by atoms with van der Waals surface area (Å²) in [5.74, 6) is 1.75. The van der Waals surface area contributed by atoms with Crippen molar-refractivity contribution in [3.05, 3.63) is 102 Å². The van der Waals surface area contributed by atoms with Crippen molar-refractivity contribution in [3.63, 3.8) is 0 Å². The SMILES string of the molecule is CCCCCCCCCCc1ccc(Oc2ccc3ccccc3[n+]2Cc2ccccc2)cc1. The van der Waals surface area contributed by atoms with Crippen molar-refractivity contribution < 1.29 is 9.30 Å². The highest BCUT2D eigenvalue weighted by atomic mass is 16.5. The lowest BCUT2D eigenvalue weighted by molar-refractivity contribution is -0.666. The van der Waals surface area contributed by atoms with Crippen LogP contribution in [-0.4, -0.2) is 0 Å². The largest absolute Gasteiger partial charge is 0.405 e. The molecule has 0 atom stereocenters. The maximum absolute atomic E-state index is 6.40. The molecule has 0 saturated carbocycles. The van der Waals surface area contributed by atoms with E-state index in [9.17, 15) is 0 Å². The second kappa shape index (κ2) is 12.9. The molecule has 176 valence electrons. The molecule has 34 heavy (non-hydrogen) atoms. The van der Waals surface area contributed by atoms with E-state index >= 15 is 0 Å². The molecule has 2 heteroatoms. The summed E-state index contributed by atoms with van der Waals surface area (Å²) in [4.78, 5) is 0. The molecule has 0 radical (unpaired) electrons. The minimum atomic E-state index is 0.772. The predicted octanol–water partition coefficient (Wildman–Crippen LogP) is 8.65. The van der Waals surface area contributed by atoms with E-state index in [1.165, 1.54) is 73.4 Å². The first kappa shape index (κ1) is 24.0. The third-order valence-corrected chi connectivity index (χ3v) is 6.55. The Balaban J connectivity index is 1.38. The Hall–Kier alpha value is -3.13. The topological polar surface area (TPSA) is 13.1 Å². The first-order chi connectivity index (χ1) is 16.8. The fraction of sp³-hybridized carbons (Fsp3) is 0.344. The molecule has 4 aromatic rings. The van der Waals surface area contributed by atoms with Gasteiger partial charge < -0.3 is 4.74 Å². The van der Waals surface area contributed by atoms with Crippen LogP contribution in [0.2, 0.25) is 0 Å². The molecule has 0 N–H and O–H groups in total. The van der Waals surface area contributed by atoms with Crippen LogP contribution in [-0.2, 0) is 13.0 Å². The van der Waals surface area contributed by atoms with Crippen molar-refractivity contribution in [3.8, 4) is 11.6 Å². The van der Waals surface area contributed by atoms with Crippen molar-refractivity contribution in [1.29, 1.82) is 0 Å². The number of para-hydroxylation sites is 1. The first-order valence-corrected chi connectivity index (χ1v) is 13.1. The van der Waals surface area contributed by atoms with Crippen molar-refractivity contribution in [2.24, 2.45) is 0 Å². The zero-order valence-electron chi connectivity index (χ0n) is 20.6. The van der Waals surface area contributed by atoms with Gasteiger partial charge in [-0.1, -0.05) is 106 Å². The molecule has 0 aliphatic rings. The van der Waals surface area contributed by atoms with Crippen LogP contribution in [0.5, 0.6) is 11.6 Å². The van der Waals surface area contributed by atoms with Crippen molar-refractivity contribution in [2.45, 2.75) is 71.3 Å². The fourth-order valence-corrected chi connectivity index (χ4v) is 4.57. The van der Waals surface area contributed by atoms with Gasteiger partial charge in [0, 0.05) is 17.0 Å². The number of hydrogen-bond donors (Lipinski definition) is 0. The molecule has 0 bridgehead atoms. The Labute approximate surface area is 205 Å². The molecule has 0 aliphatic carbocycles. The molecule has 0 unspecified atom stereocenters. The quantitative estimate of drug-likeness (QED) is 0.146. The molecule has 0 saturated heterocycles. The molecular formula is C32H38NO+. The normalized spacial score (nSPS) is 11.1. The molecule has 3 aromatic carbocycles. The van der Waals surface area contributed by atoms with Crippen LogP contribution in [0, 0.1) is 0 Å². The molecular weight excluding hydrogens is 414 g/mol. The number of hydrogen-bond acceptors (Lipinski definition) is 1. The molecule has 0 fully saturated rings. The number of ether oxygens (including phenoxy) is 1. The Morgan fingerprint density at radius 3 is 2.03 bits per heavy atom. The van der Waals surface area contributed by atoms with Crippen LogP contribution in [0.15, 0.2) is 91.0 Å². The predicted molar refractivity (Wildman–Crippen MR) is 143 cm³/mol. The lowest BCUT2D eigenvalue weighted by Gasteiger charge is -2.09. The van der Waals surface area contributed by atoms with E-state index in [1.54, 1.807) is 0 Å². The van der Waals surface area contributed by atoms with Crippen LogP contribution in [0.1, 0.15) is 69.4 Å². The van der Waals surface area contributed by atoms with E-state index in [1.807, 2.05) is 0 Å². The average Bonchev–Trinajstić information content (AvgIpc) is 2.88. The third-order valence-electron chi connectivity index (χ3n) is 6.55.